The molecule has 1 unspecified atom stereocenters. The maximum atomic E-state index is 13.1. The van der Waals surface area contributed by atoms with Crippen LogP contribution in [0.4, 0.5) is 5.69 Å². The van der Waals surface area contributed by atoms with Crippen LogP contribution in [0.2, 0.25) is 5.02 Å². The number of amides is 2. The topological polar surface area (TPSA) is 116 Å². The highest BCUT2D eigenvalue weighted by Gasteiger charge is 2.28. The lowest BCUT2D eigenvalue weighted by Crippen LogP contribution is -2.45. The van der Waals surface area contributed by atoms with Crippen molar-refractivity contribution < 1.29 is 14.3 Å². The number of rotatable bonds is 8. The molecule has 5 rings (SSSR count). The number of hydrogen-bond donors (Lipinski definition) is 2. The second-order valence-corrected chi connectivity index (χ2v) is 10.0. The lowest BCUT2D eigenvalue weighted by atomic mass is 10.1. The van der Waals surface area contributed by atoms with Crippen LogP contribution in [-0.4, -0.2) is 54.9 Å². The lowest BCUT2D eigenvalue weighted by molar-refractivity contribution is -0.118. The molecule has 0 bridgehead atoms. The van der Waals surface area contributed by atoms with E-state index < -0.39 is 6.04 Å². The van der Waals surface area contributed by atoms with E-state index in [2.05, 4.69) is 25.7 Å². The first kappa shape index (κ1) is 23.5. The highest BCUT2D eigenvalue weighted by Crippen LogP contribution is 2.22. The van der Waals surface area contributed by atoms with Crippen molar-refractivity contribution in [3.05, 3.63) is 57.9 Å². The first-order valence-corrected chi connectivity index (χ1v) is 12.4. The van der Waals surface area contributed by atoms with Crippen molar-refractivity contribution in [1.82, 2.24) is 29.6 Å². The maximum absolute atomic E-state index is 13.1. The Kier molecular flexibility index (Phi) is 6.80. The number of nitrogens with one attached hydrogen (secondary N) is 2. The summed E-state index contributed by atoms with van der Waals surface area (Å²) in [5, 5.41) is 10.3. The van der Waals surface area contributed by atoms with Crippen LogP contribution in [0.3, 0.4) is 0 Å². The third-order valence-corrected chi connectivity index (χ3v) is 7.03. The highest BCUT2D eigenvalue weighted by molar-refractivity contribution is 7.14. The van der Waals surface area contributed by atoms with Crippen LogP contribution in [0.1, 0.15) is 33.8 Å². The lowest BCUT2D eigenvalue weighted by Gasteiger charge is -2.20. The SMILES string of the molecule is Cn1cc(NC(=O)[C@H](CC2CCCO2)NC(=O)c2ccc(Cn3cnc4cc(Cl)cnc43)s2)cn1. The first-order valence-electron chi connectivity index (χ1n) is 11.2. The van der Waals surface area contributed by atoms with E-state index in [1.807, 2.05) is 10.6 Å². The number of carbonyl (C=O) groups is 2. The predicted octanol–water partition coefficient (Wildman–Crippen LogP) is 3.23. The average molecular weight is 514 g/mol. The molecule has 12 heteroatoms. The minimum Gasteiger partial charge on any atom is -0.378 e. The van der Waals surface area contributed by atoms with Crippen LogP contribution in [0.15, 0.2) is 43.1 Å². The Morgan fingerprint density at radius 1 is 1.31 bits per heavy atom. The molecular formula is C23H24ClN7O3S. The minimum atomic E-state index is -0.733. The Bertz CT molecular complexity index is 1360. The van der Waals surface area contributed by atoms with Gasteiger partial charge in [0.15, 0.2) is 5.65 Å². The maximum Gasteiger partial charge on any atom is 0.262 e. The highest BCUT2D eigenvalue weighted by atomic mass is 35.5. The molecule has 182 valence electrons. The van der Waals surface area contributed by atoms with E-state index in [1.54, 1.807) is 48.8 Å². The third-order valence-electron chi connectivity index (χ3n) is 5.75. The van der Waals surface area contributed by atoms with Gasteiger partial charge in [-0.2, -0.15) is 5.10 Å². The number of anilines is 1. The van der Waals surface area contributed by atoms with Crippen LogP contribution in [0.25, 0.3) is 11.2 Å². The van der Waals surface area contributed by atoms with E-state index in [-0.39, 0.29) is 17.9 Å². The summed E-state index contributed by atoms with van der Waals surface area (Å²) >= 11 is 7.36. The van der Waals surface area contributed by atoms with Crippen molar-refractivity contribution in [3.8, 4) is 0 Å². The molecule has 0 aromatic carbocycles. The quantitative estimate of drug-likeness (QED) is 0.373. The van der Waals surface area contributed by atoms with Crippen molar-refractivity contribution in [2.75, 3.05) is 11.9 Å². The number of fused-ring (bicyclic) bond motifs is 1. The number of aryl methyl sites for hydroxylation is 1. The number of ether oxygens (including phenoxy) is 1. The zero-order valence-corrected chi connectivity index (χ0v) is 20.6. The van der Waals surface area contributed by atoms with E-state index in [0.717, 1.165) is 23.4 Å². The Morgan fingerprint density at radius 3 is 2.97 bits per heavy atom. The largest absolute Gasteiger partial charge is 0.378 e. The Morgan fingerprint density at radius 2 is 2.20 bits per heavy atom. The monoisotopic (exact) mass is 513 g/mol. The van der Waals surface area contributed by atoms with Crippen molar-refractivity contribution >= 4 is 51.6 Å². The molecular weight excluding hydrogens is 490 g/mol. The second-order valence-electron chi connectivity index (χ2n) is 8.42. The van der Waals surface area contributed by atoms with Gasteiger partial charge in [0.25, 0.3) is 5.91 Å². The fourth-order valence-electron chi connectivity index (χ4n) is 4.06. The molecule has 0 saturated carbocycles. The molecule has 2 atom stereocenters. The predicted molar refractivity (Wildman–Crippen MR) is 133 cm³/mol. The molecule has 1 aliphatic heterocycles. The Labute approximate surface area is 210 Å². The number of halogens is 1. The number of imidazole rings is 1. The van der Waals surface area contributed by atoms with Gasteiger partial charge in [0.2, 0.25) is 5.91 Å². The summed E-state index contributed by atoms with van der Waals surface area (Å²) in [4.78, 5) is 36.2. The van der Waals surface area contributed by atoms with Crippen molar-refractivity contribution in [1.29, 1.82) is 0 Å². The van der Waals surface area contributed by atoms with Crippen LogP contribution in [0.5, 0.6) is 0 Å². The van der Waals surface area contributed by atoms with E-state index in [9.17, 15) is 9.59 Å². The van der Waals surface area contributed by atoms with Gasteiger partial charge in [-0.1, -0.05) is 11.6 Å². The Hall–Kier alpha value is -3.28. The number of hydrogen-bond acceptors (Lipinski definition) is 7. The van der Waals surface area contributed by atoms with Gasteiger partial charge in [0.05, 0.1) is 40.8 Å². The number of thiophene rings is 1. The van der Waals surface area contributed by atoms with Gasteiger partial charge in [0, 0.05) is 37.3 Å². The first-order chi connectivity index (χ1) is 16.9. The Balaban J connectivity index is 1.27. The van der Waals surface area contributed by atoms with Gasteiger partial charge in [-0.3, -0.25) is 14.3 Å². The smallest absolute Gasteiger partial charge is 0.262 e. The molecule has 0 radical (unpaired) electrons. The van der Waals surface area contributed by atoms with Crippen LogP contribution in [-0.2, 0) is 23.1 Å². The van der Waals surface area contributed by atoms with Gasteiger partial charge in [-0.15, -0.1) is 11.3 Å². The number of aromatic nitrogens is 5. The van der Waals surface area contributed by atoms with E-state index in [1.165, 1.54) is 11.3 Å². The third kappa shape index (κ3) is 5.53. The summed E-state index contributed by atoms with van der Waals surface area (Å²) in [7, 11) is 1.77. The zero-order chi connectivity index (χ0) is 24.4. The summed E-state index contributed by atoms with van der Waals surface area (Å²) < 4.78 is 9.22. The fourth-order valence-corrected chi connectivity index (χ4v) is 5.12. The molecule has 0 spiro atoms. The fraction of sp³-hybridized carbons (Fsp3) is 0.348. The van der Waals surface area contributed by atoms with Crippen LogP contribution < -0.4 is 10.6 Å². The van der Waals surface area contributed by atoms with Crippen LogP contribution in [0, 0.1) is 0 Å². The van der Waals surface area contributed by atoms with Gasteiger partial charge in [0.1, 0.15) is 11.6 Å². The summed E-state index contributed by atoms with van der Waals surface area (Å²) in [6.45, 7) is 1.19. The van der Waals surface area contributed by atoms with Crippen molar-refractivity contribution in [3.63, 3.8) is 0 Å². The summed E-state index contributed by atoms with van der Waals surface area (Å²) in [6, 6.07) is 4.69. The molecule has 4 aromatic heterocycles. The van der Waals surface area contributed by atoms with Crippen LogP contribution >= 0.6 is 22.9 Å². The van der Waals surface area contributed by atoms with Gasteiger partial charge >= 0.3 is 0 Å². The standard InChI is InChI=1S/C23H24ClN7O3S/c1-30-11-15(10-27-30)28-22(32)19(8-16-3-2-6-34-16)29-23(33)20-5-4-17(35-20)12-31-13-26-18-7-14(24)9-25-21(18)31/h4-5,7,9-11,13,16,19H,2-3,6,8,12H2,1H3,(H,28,32)(H,29,33)/t16?,19-/m0/s1. The molecule has 5 heterocycles. The van der Waals surface area contributed by atoms with E-state index in [4.69, 9.17) is 16.3 Å². The molecule has 1 aliphatic rings. The van der Waals surface area contributed by atoms with Gasteiger partial charge in [-0.05, 0) is 31.0 Å². The molecule has 4 aromatic rings. The van der Waals surface area contributed by atoms with Crippen molar-refractivity contribution in [2.24, 2.45) is 7.05 Å². The average Bonchev–Trinajstić information content (AvgIpc) is 3.63. The molecule has 0 aliphatic carbocycles. The van der Waals surface area contributed by atoms with Gasteiger partial charge < -0.3 is 19.9 Å². The molecule has 1 saturated heterocycles. The molecule has 1 fully saturated rings. The number of carbonyl (C=O) groups excluding carboxylic acids is 2. The van der Waals surface area contributed by atoms with Gasteiger partial charge in [-0.25, -0.2) is 9.97 Å². The van der Waals surface area contributed by atoms with Crippen molar-refractivity contribution in [2.45, 2.75) is 38.0 Å². The minimum absolute atomic E-state index is 0.0608. The summed E-state index contributed by atoms with van der Waals surface area (Å²) in [6.07, 6.45) is 8.73. The summed E-state index contributed by atoms with van der Waals surface area (Å²) in [5.41, 5.74) is 2.01. The normalized spacial score (nSPS) is 16.5. The summed E-state index contributed by atoms with van der Waals surface area (Å²) in [5.74, 6) is -0.598. The molecule has 2 amide bonds. The molecule has 35 heavy (non-hydrogen) atoms. The van der Waals surface area contributed by atoms with E-state index >= 15 is 0 Å². The zero-order valence-electron chi connectivity index (χ0n) is 19.0. The molecule has 10 nitrogen and oxygen atoms in total. The second kappa shape index (κ2) is 10.1. The number of nitrogens with zero attached hydrogens (tertiary/aromatic N) is 5. The molecule has 2 N–H and O–H groups in total. The number of pyridine rings is 1. The van der Waals surface area contributed by atoms with E-state index in [0.29, 0.717) is 40.7 Å².